The molecule has 0 spiro atoms. The highest BCUT2D eigenvalue weighted by atomic mass is 16.7. The molecular weight excluding hydrogens is 220 g/mol. The Morgan fingerprint density at radius 1 is 0.882 bits per heavy atom. The van der Waals surface area contributed by atoms with Gasteiger partial charge >= 0.3 is 0 Å². The van der Waals surface area contributed by atoms with Crippen LogP contribution in [-0.4, -0.2) is 38.8 Å². The third-order valence-electron chi connectivity index (χ3n) is 2.36. The molecule has 0 amide bonds. The molecule has 17 heavy (non-hydrogen) atoms. The van der Waals surface area contributed by atoms with E-state index in [1.54, 1.807) is 6.92 Å². The van der Waals surface area contributed by atoms with Crippen molar-refractivity contribution in [1.82, 2.24) is 0 Å². The SMILES string of the molecule is CCCCOCCCOC(C)(C[O])OCCC. The second-order valence-electron chi connectivity index (χ2n) is 4.29. The molecule has 103 valence electrons. The molecule has 0 aromatic heterocycles. The van der Waals surface area contributed by atoms with Crippen LogP contribution in [0.2, 0.25) is 0 Å². The van der Waals surface area contributed by atoms with Gasteiger partial charge in [0.1, 0.15) is 6.61 Å². The van der Waals surface area contributed by atoms with Gasteiger partial charge in [-0.2, -0.15) is 0 Å². The molecule has 0 saturated carbocycles. The highest BCUT2D eigenvalue weighted by Crippen LogP contribution is 2.12. The number of unbranched alkanes of at least 4 members (excludes halogenated alkanes) is 1. The molecule has 0 bridgehead atoms. The van der Waals surface area contributed by atoms with Gasteiger partial charge in [-0.15, -0.1) is 0 Å². The van der Waals surface area contributed by atoms with Gasteiger partial charge in [0.05, 0.1) is 6.61 Å². The zero-order valence-electron chi connectivity index (χ0n) is 11.5. The van der Waals surface area contributed by atoms with Crippen molar-refractivity contribution in [1.29, 1.82) is 0 Å². The van der Waals surface area contributed by atoms with Crippen molar-refractivity contribution in [3.05, 3.63) is 0 Å². The van der Waals surface area contributed by atoms with Crippen LogP contribution in [0.4, 0.5) is 0 Å². The molecule has 0 N–H and O–H groups in total. The predicted octanol–water partition coefficient (Wildman–Crippen LogP) is 2.78. The summed E-state index contributed by atoms with van der Waals surface area (Å²) in [6.07, 6.45) is 3.93. The van der Waals surface area contributed by atoms with Gasteiger partial charge in [0, 0.05) is 19.8 Å². The van der Waals surface area contributed by atoms with Crippen molar-refractivity contribution in [2.24, 2.45) is 0 Å². The molecule has 0 aromatic carbocycles. The quantitative estimate of drug-likeness (QED) is 0.393. The fourth-order valence-electron chi connectivity index (χ4n) is 1.24. The van der Waals surface area contributed by atoms with E-state index >= 15 is 0 Å². The third kappa shape index (κ3) is 9.53. The minimum absolute atomic E-state index is 0.371. The first-order valence-corrected chi connectivity index (χ1v) is 6.62. The lowest BCUT2D eigenvalue weighted by Gasteiger charge is -2.27. The van der Waals surface area contributed by atoms with E-state index in [1.165, 1.54) is 0 Å². The van der Waals surface area contributed by atoms with Crippen molar-refractivity contribution in [3.63, 3.8) is 0 Å². The Morgan fingerprint density at radius 3 is 2.12 bits per heavy atom. The average Bonchev–Trinajstić information content (AvgIpc) is 2.35. The minimum atomic E-state index is -0.973. The zero-order valence-corrected chi connectivity index (χ0v) is 11.5. The summed E-state index contributed by atoms with van der Waals surface area (Å²) in [4.78, 5) is 0. The fourth-order valence-corrected chi connectivity index (χ4v) is 1.24. The Labute approximate surface area is 105 Å². The Bertz CT molecular complexity index is 163. The van der Waals surface area contributed by atoms with Crippen LogP contribution in [-0.2, 0) is 19.3 Å². The summed E-state index contributed by atoms with van der Waals surface area (Å²) in [5.74, 6) is -0.973. The maximum Gasteiger partial charge on any atom is 0.192 e. The Balaban J connectivity index is 3.48. The molecule has 1 radical (unpaired) electrons. The molecule has 0 rings (SSSR count). The monoisotopic (exact) mass is 247 g/mol. The fraction of sp³-hybridized carbons (Fsp3) is 1.00. The lowest BCUT2D eigenvalue weighted by Crippen LogP contribution is -2.36. The molecule has 1 unspecified atom stereocenters. The van der Waals surface area contributed by atoms with E-state index in [4.69, 9.17) is 14.2 Å². The normalized spacial score (nSPS) is 14.8. The van der Waals surface area contributed by atoms with Gasteiger partial charge in [-0.05, 0) is 26.2 Å². The standard InChI is InChI=1S/C13H27O4/c1-4-6-9-15-10-7-11-17-13(3,12-14)16-8-5-2/h4-12H2,1-3H3. The molecule has 0 aliphatic heterocycles. The van der Waals surface area contributed by atoms with E-state index in [1.807, 2.05) is 6.92 Å². The van der Waals surface area contributed by atoms with Gasteiger partial charge in [-0.1, -0.05) is 20.3 Å². The van der Waals surface area contributed by atoms with E-state index in [-0.39, 0.29) is 6.61 Å². The Kier molecular flexibility index (Phi) is 10.9. The summed E-state index contributed by atoms with van der Waals surface area (Å²) in [5, 5.41) is 11.0. The largest absolute Gasteiger partial charge is 0.381 e. The summed E-state index contributed by atoms with van der Waals surface area (Å²) in [7, 11) is 0. The summed E-state index contributed by atoms with van der Waals surface area (Å²) < 4.78 is 16.3. The second-order valence-corrected chi connectivity index (χ2v) is 4.29. The third-order valence-corrected chi connectivity index (χ3v) is 2.36. The second kappa shape index (κ2) is 11.0. The number of hydrogen-bond acceptors (Lipinski definition) is 3. The highest BCUT2D eigenvalue weighted by Gasteiger charge is 2.25. The predicted molar refractivity (Wildman–Crippen MR) is 66.5 cm³/mol. The number of hydrogen-bond donors (Lipinski definition) is 0. The summed E-state index contributed by atoms with van der Waals surface area (Å²) in [5.41, 5.74) is 0. The van der Waals surface area contributed by atoms with Crippen LogP contribution in [0.3, 0.4) is 0 Å². The Hall–Kier alpha value is -0.160. The average molecular weight is 247 g/mol. The van der Waals surface area contributed by atoms with Crippen LogP contribution < -0.4 is 0 Å². The first-order chi connectivity index (χ1) is 8.18. The maximum absolute atomic E-state index is 11.0. The lowest BCUT2D eigenvalue weighted by molar-refractivity contribution is -0.252. The molecule has 4 nitrogen and oxygen atoms in total. The van der Waals surface area contributed by atoms with Gasteiger partial charge in [0.15, 0.2) is 5.79 Å². The van der Waals surface area contributed by atoms with E-state index in [0.717, 1.165) is 32.3 Å². The van der Waals surface area contributed by atoms with Gasteiger partial charge in [-0.3, -0.25) is 0 Å². The van der Waals surface area contributed by atoms with Crippen molar-refractivity contribution in [2.75, 3.05) is 33.0 Å². The molecule has 0 aromatic rings. The molecule has 1 atom stereocenters. The van der Waals surface area contributed by atoms with E-state index in [2.05, 4.69) is 6.92 Å². The highest BCUT2D eigenvalue weighted by molar-refractivity contribution is 4.60. The molecule has 0 aliphatic rings. The van der Waals surface area contributed by atoms with Crippen LogP contribution >= 0.6 is 0 Å². The van der Waals surface area contributed by atoms with Gasteiger partial charge < -0.3 is 14.2 Å². The topological polar surface area (TPSA) is 47.6 Å². The zero-order chi connectivity index (χ0) is 13.0. The van der Waals surface area contributed by atoms with Gasteiger partial charge in [-0.25, -0.2) is 5.11 Å². The van der Waals surface area contributed by atoms with Crippen LogP contribution in [0.15, 0.2) is 0 Å². The van der Waals surface area contributed by atoms with Crippen LogP contribution in [0.25, 0.3) is 0 Å². The molecule has 0 saturated heterocycles. The van der Waals surface area contributed by atoms with Gasteiger partial charge in [0.2, 0.25) is 0 Å². The molecular formula is C13H27O4. The van der Waals surface area contributed by atoms with Crippen LogP contribution in [0, 0.1) is 0 Å². The molecule has 0 heterocycles. The van der Waals surface area contributed by atoms with Crippen molar-refractivity contribution >= 4 is 0 Å². The summed E-state index contributed by atoms with van der Waals surface area (Å²) >= 11 is 0. The minimum Gasteiger partial charge on any atom is -0.381 e. The summed E-state index contributed by atoms with van der Waals surface area (Å²) in [6.45, 7) is 8.03. The molecule has 0 fully saturated rings. The van der Waals surface area contributed by atoms with Crippen molar-refractivity contribution in [3.8, 4) is 0 Å². The van der Waals surface area contributed by atoms with Crippen molar-refractivity contribution in [2.45, 2.75) is 52.2 Å². The van der Waals surface area contributed by atoms with Gasteiger partial charge in [0.25, 0.3) is 0 Å². The number of rotatable bonds is 12. The van der Waals surface area contributed by atoms with E-state index < -0.39 is 5.79 Å². The van der Waals surface area contributed by atoms with E-state index in [9.17, 15) is 5.11 Å². The smallest absolute Gasteiger partial charge is 0.192 e. The van der Waals surface area contributed by atoms with E-state index in [0.29, 0.717) is 19.8 Å². The number of ether oxygens (including phenoxy) is 3. The molecule has 0 aliphatic carbocycles. The first-order valence-electron chi connectivity index (χ1n) is 6.62. The van der Waals surface area contributed by atoms with Crippen LogP contribution in [0.5, 0.6) is 0 Å². The van der Waals surface area contributed by atoms with Crippen molar-refractivity contribution < 1.29 is 19.3 Å². The van der Waals surface area contributed by atoms with Crippen LogP contribution in [0.1, 0.15) is 46.5 Å². The summed E-state index contributed by atoms with van der Waals surface area (Å²) in [6, 6.07) is 0. The Morgan fingerprint density at radius 2 is 1.53 bits per heavy atom. The maximum atomic E-state index is 11.0. The first kappa shape index (κ1) is 16.8. The lowest BCUT2D eigenvalue weighted by atomic mass is 10.3. The molecule has 4 heteroatoms.